The van der Waals surface area contributed by atoms with E-state index in [1.54, 1.807) is 6.92 Å². The smallest absolute Gasteiger partial charge is 0.193 e. The summed E-state index contributed by atoms with van der Waals surface area (Å²) in [5.41, 5.74) is 5.36. The second-order valence-corrected chi connectivity index (χ2v) is 5.07. The van der Waals surface area contributed by atoms with Gasteiger partial charge in [0.2, 0.25) is 0 Å². The minimum Gasteiger partial charge on any atom is -0.365 e. The topological polar surface area (TPSA) is 72.6 Å². The molecule has 0 amide bonds. The van der Waals surface area contributed by atoms with Crippen molar-refractivity contribution in [1.82, 2.24) is 0 Å². The van der Waals surface area contributed by atoms with E-state index in [0.29, 0.717) is 32.0 Å². The van der Waals surface area contributed by atoms with Gasteiger partial charge in [-0.1, -0.05) is 20.3 Å². The van der Waals surface area contributed by atoms with Crippen LogP contribution in [0.3, 0.4) is 0 Å². The number of hydrogen-bond acceptors (Lipinski definition) is 4. The molecular weight excluding hydrogens is 201 g/mol. The molecule has 0 aromatic rings. The van der Waals surface area contributed by atoms with Crippen molar-refractivity contribution in [2.45, 2.75) is 45.3 Å². The molecule has 0 spiro atoms. The Bertz CT molecular complexity index is 177. The molecule has 86 valence electrons. The van der Waals surface area contributed by atoms with Gasteiger partial charge < -0.3 is 10.8 Å². The summed E-state index contributed by atoms with van der Waals surface area (Å²) in [6.45, 7) is 4.26. The summed E-state index contributed by atoms with van der Waals surface area (Å²) in [4.78, 5) is 0. The largest absolute Gasteiger partial charge is 0.365 e. The lowest BCUT2D eigenvalue weighted by atomic mass is 10.1. The molecule has 0 aliphatic heterocycles. The fraction of sp³-hybridized carbons (Fsp3) is 1.00. The Balaban J connectivity index is 4.14. The summed E-state index contributed by atoms with van der Waals surface area (Å²) in [7, 11) is -2.08. The Labute approximate surface area is 86.7 Å². The zero-order chi connectivity index (χ0) is 11.0. The molecule has 2 atom stereocenters. The maximum Gasteiger partial charge on any atom is 0.193 e. The Morgan fingerprint density at radius 3 is 2.50 bits per heavy atom. The van der Waals surface area contributed by atoms with Gasteiger partial charge in [-0.05, 0) is 13.0 Å². The second kappa shape index (κ2) is 7.41. The van der Waals surface area contributed by atoms with E-state index >= 15 is 0 Å². The minimum atomic E-state index is -2.08. The van der Waals surface area contributed by atoms with Crippen LogP contribution in [0.5, 0.6) is 0 Å². The molecule has 0 heterocycles. The molecule has 0 aromatic carbocycles. The zero-order valence-corrected chi connectivity index (χ0v) is 10.1. The van der Waals surface area contributed by atoms with Gasteiger partial charge in [-0.2, -0.15) is 0 Å². The van der Waals surface area contributed by atoms with Crippen molar-refractivity contribution >= 4 is 8.03 Å². The van der Waals surface area contributed by atoms with Crippen molar-refractivity contribution in [3.8, 4) is 0 Å². The van der Waals surface area contributed by atoms with E-state index in [1.807, 2.05) is 6.92 Å². The summed E-state index contributed by atoms with van der Waals surface area (Å²) < 4.78 is 16.4. The predicted octanol–water partition coefficient (Wildman–Crippen LogP) is 1.73. The molecule has 0 aliphatic carbocycles. The van der Waals surface area contributed by atoms with E-state index in [2.05, 4.69) is 0 Å². The van der Waals surface area contributed by atoms with Crippen LogP contribution in [-0.4, -0.2) is 23.6 Å². The van der Waals surface area contributed by atoms with Crippen molar-refractivity contribution < 1.29 is 14.2 Å². The van der Waals surface area contributed by atoms with Crippen molar-refractivity contribution in [2.75, 3.05) is 12.7 Å². The van der Waals surface area contributed by atoms with Crippen molar-refractivity contribution in [2.24, 2.45) is 5.73 Å². The van der Waals surface area contributed by atoms with Crippen LogP contribution >= 0.6 is 8.03 Å². The summed E-state index contributed by atoms with van der Waals surface area (Å²) >= 11 is 0. The number of nitrogens with two attached hydrogens (primary N) is 1. The fourth-order valence-electron chi connectivity index (χ4n) is 1.28. The van der Waals surface area contributed by atoms with Crippen LogP contribution in [0.2, 0.25) is 0 Å². The Morgan fingerprint density at radius 2 is 2.07 bits per heavy atom. The van der Waals surface area contributed by atoms with Gasteiger partial charge in [-0.3, -0.25) is 9.09 Å². The Kier molecular flexibility index (Phi) is 7.47. The molecule has 0 radical (unpaired) electrons. The monoisotopic (exact) mass is 223 g/mol. The van der Waals surface area contributed by atoms with Gasteiger partial charge in [0, 0.05) is 19.0 Å². The van der Waals surface area contributed by atoms with Crippen LogP contribution in [0, 0.1) is 0 Å². The average Bonchev–Trinajstić information content (AvgIpc) is 2.15. The van der Waals surface area contributed by atoms with E-state index in [0.717, 1.165) is 6.42 Å². The lowest BCUT2D eigenvalue weighted by Crippen LogP contribution is -2.30. The molecule has 2 unspecified atom stereocenters. The van der Waals surface area contributed by atoms with E-state index < -0.39 is 13.8 Å². The SMILES string of the molecule is CCCC(O)(CCCN)O[PH](=O)CC. The second-order valence-electron chi connectivity index (χ2n) is 3.42. The van der Waals surface area contributed by atoms with Gasteiger partial charge >= 0.3 is 0 Å². The fourth-order valence-corrected chi connectivity index (χ4v) is 2.05. The van der Waals surface area contributed by atoms with Gasteiger partial charge in [-0.15, -0.1) is 0 Å². The molecule has 0 bridgehead atoms. The molecule has 0 rings (SSSR count). The van der Waals surface area contributed by atoms with Crippen molar-refractivity contribution in [3.05, 3.63) is 0 Å². The molecule has 4 nitrogen and oxygen atoms in total. The maximum absolute atomic E-state index is 11.2. The molecule has 0 fully saturated rings. The normalized spacial score (nSPS) is 17.7. The number of rotatable bonds is 8. The standard InChI is InChI=1S/C9H22NO3P/c1-3-6-9(11,7-5-8-10)13-14(12)4-2/h11,14H,3-8,10H2,1-2H3. The number of hydrogen-bond donors (Lipinski definition) is 2. The van der Waals surface area contributed by atoms with Crippen LogP contribution in [0.25, 0.3) is 0 Å². The number of aliphatic hydroxyl groups is 1. The third-order valence-corrected chi connectivity index (χ3v) is 3.19. The first-order valence-electron chi connectivity index (χ1n) is 5.22. The third-order valence-electron chi connectivity index (χ3n) is 2.00. The van der Waals surface area contributed by atoms with Gasteiger partial charge in [0.05, 0.1) is 0 Å². The van der Waals surface area contributed by atoms with Gasteiger partial charge in [0.1, 0.15) is 0 Å². The highest BCUT2D eigenvalue weighted by atomic mass is 31.1. The Morgan fingerprint density at radius 1 is 1.43 bits per heavy atom. The Hall–Kier alpha value is 0.110. The quantitative estimate of drug-likeness (QED) is 0.485. The molecule has 0 saturated heterocycles. The van der Waals surface area contributed by atoms with Gasteiger partial charge in [0.15, 0.2) is 13.8 Å². The van der Waals surface area contributed by atoms with E-state index in [9.17, 15) is 9.67 Å². The molecule has 3 N–H and O–H groups in total. The van der Waals surface area contributed by atoms with E-state index in [-0.39, 0.29) is 0 Å². The average molecular weight is 223 g/mol. The van der Waals surface area contributed by atoms with E-state index in [1.165, 1.54) is 0 Å². The maximum atomic E-state index is 11.2. The molecule has 5 heteroatoms. The summed E-state index contributed by atoms with van der Waals surface area (Å²) in [5.74, 6) is -1.22. The van der Waals surface area contributed by atoms with Crippen LogP contribution in [0.1, 0.15) is 39.5 Å². The highest BCUT2D eigenvalue weighted by Gasteiger charge is 2.27. The van der Waals surface area contributed by atoms with Crippen LogP contribution in [0.4, 0.5) is 0 Å². The predicted molar refractivity (Wildman–Crippen MR) is 58.8 cm³/mol. The third kappa shape index (κ3) is 5.76. The highest BCUT2D eigenvalue weighted by Crippen LogP contribution is 2.33. The molecular formula is C9H22NO3P. The van der Waals surface area contributed by atoms with Crippen LogP contribution < -0.4 is 5.73 Å². The summed E-state index contributed by atoms with van der Waals surface area (Å²) in [6.07, 6.45) is 2.95. The lowest BCUT2D eigenvalue weighted by Gasteiger charge is -2.27. The van der Waals surface area contributed by atoms with Gasteiger partial charge in [-0.25, -0.2) is 0 Å². The van der Waals surface area contributed by atoms with Crippen molar-refractivity contribution in [3.63, 3.8) is 0 Å². The van der Waals surface area contributed by atoms with Gasteiger partial charge in [0.25, 0.3) is 0 Å². The minimum absolute atomic E-state index is 0.466. The van der Waals surface area contributed by atoms with Crippen molar-refractivity contribution in [1.29, 1.82) is 0 Å². The first-order chi connectivity index (χ1) is 6.58. The van der Waals surface area contributed by atoms with Crippen LogP contribution in [-0.2, 0) is 9.09 Å². The summed E-state index contributed by atoms with van der Waals surface area (Å²) in [6, 6.07) is 0. The first-order valence-corrected chi connectivity index (χ1v) is 6.74. The van der Waals surface area contributed by atoms with E-state index in [4.69, 9.17) is 10.3 Å². The zero-order valence-electron chi connectivity index (χ0n) is 9.08. The lowest BCUT2D eigenvalue weighted by molar-refractivity contribution is -0.144. The van der Waals surface area contributed by atoms with Crippen LogP contribution in [0.15, 0.2) is 0 Å². The summed E-state index contributed by atoms with van der Waals surface area (Å²) in [5, 5.41) is 9.99. The molecule has 0 aliphatic rings. The molecule has 0 aromatic heterocycles. The molecule has 0 saturated carbocycles. The highest BCUT2D eigenvalue weighted by molar-refractivity contribution is 7.39. The first kappa shape index (κ1) is 14.1. The molecule has 14 heavy (non-hydrogen) atoms.